The highest BCUT2D eigenvalue weighted by atomic mass is 35.5. The molecule has 0 saturated heterocycles. The molecule has 0 aromatic heterocycles. The Bertz CT molecular complexity index is 237. The van der Waals surface area contributed by atoms with Crippen molar-refractivity contribution < 1.29 is 9.53 Å². The average Bonchev–Trinajstić information content (AvgIpc) is 2.50. The molecule has 0 aromatic carbocycles. The van der Waals surface area contributed by atoms with Crippen LogP contribution in [-0.2, 0) is 9.53 Å². The molecule has 0 aliphatic heterocycles. The summed E-state index contributed by atoms with van der Waals surface area (Å²) in [5, 5.41) is 0. The largest absolute Gasteiger partial charge is 0.465 e. The Morgan fingerprint density at radius 1 is 0.909 bits per heavy atom. The first-order valence-electron chi connectivity index (χ1n) is 9.10. The number of ether oxygens (including phenoxy) is 1. The minimum absolute atomic E-state index is 0. The van der Waals surface area contributed by atoms with Gasteiger partial charge in [-0.05, 0) is 38.1 Å². The third kappa shape index (κ3) is 16.1. The minimum atomic E-state index is -0.0259. The van der Waals surface area contributed by atoms with Gasteiger partial charge in [-0.3, -0.25) is 4.79 Å². The molecule has 0 rings (SSSR count). The van der Waals surface area contributed by atoms with E-state index in [1.165, 1.54) is 51.4 Å². The first kappa shape index (κ1) is 24.0. The molecule has 134 valence electrons. The van der Waals surface area contributed by atoms with Gasteiger partial charge in [0.1, 0.15) is 0 Å². The molecule has 22 heavy (non-hydrogen) atoms. The molecule has 3 nitrogen and oxygen atoms in total. The van der Waals surface area contributed by atoms with Crippen LogP contribution in [0.2, 0.25) is 0 Å². The van der Waals surface area contributed by atoms with Crippen LogP contribution in [0.1, 0.15) is 90.9 Å². The lowest BCUT2D eigenvalue weighted by atomic mass is 9.96. The monoisotopic (exact) mass is 335 g/mol. The first-order valence-corrected chi connectivity index (χ1v) is 9.10. The second-order valence-corrected chi connectivity index (χ2v) is 6.14. The molecular formula is C18H38ClNO2. The van der Waals surface area contributed by atoms with Crippen LogP contribution in [0.5, 0.6) is 0 Å². The van der Waals surface area contributed by atoms with Gasteiger partial charge in [0.05, 0.1) is 6.61 Å². The standard InChI is InChI=1S/C18H37NO2.ClH/c1-3-5-7-9-13-17(12-6-4-2)16-21-18(20)14-10-8-11-15-19;/h17H,3-16,19H2,1-2H3;1H. The summed E-state index contributed by atoms with van der Waals surface area (Å²) in [4.78, 5) is 11.7. The summed E-state index contributed by atoms with van der Waals surface area (Å²) in [7, 11) is 0. The summed E-state index contributed by atoms with van der Waals surface area (Å²) in [5.41, 5.74) is 5.44. The fourth-order valence-electron chi connectivity index (χ4n) is 2.54. The topological polar surface area (TPSA) is 52.3 Å². The molecule has 0 aliphatic rings. The van der Waals surface area contributed by atoms with Crippen LogP contribution in [0.3, 0.4) is 0 Å². The molecule has 0 radical (unpaired) electrons. The summed E-state index contributed by atoms with van der Waals surface area (Å²) in [6.07, 6.45) is 13.5. The smallest absolute Gasteiger partial charge is 0.305 e. The van der Waals surface area contributed by atoms with Crippen molar-refractivity contribution in [3.63, 3.8) is 0 Å². The Hall–Kier alpha value is -0.280. The first-order chi connectivity index (χ1) is 10.2. The van der Waals surface area contributed by atoms with Crippen molar-refractivity contribution in [2.24, 2.45) is 11.7 Å². The van der Waals surface area contributed by atoms with Crippen molar-refractivity contribution in [1.29, 1.82) is 0 Å². The Morgan fingerprint density at radius 3 is 2.18 bits per heavy atom. The van der Waals surface area contributed by atoms with Crippen LogP contribution in [0.4, 0.5) is 0 Å². The maximum atomic E-state index is 11.7. The normalized spacial score (nSPS) is 11.8. The summed E-state index contributed by atoms with van der Waals surface area (Å²) in [5.74, 6) is 0.539. The molecule has 0 fully saturated rings. The van der Waals surface area contributed by atoms with Gasteiger partial charge in [-0.15, -0.1) is 12.4 Å². The maximum absolute atomic E-state index is 11.7. The molecule has 2 N–H and O–H groups in total. The number of carbonyl (C=O) groups is 1. The van der Waals surface area contributed by atoms with Crippen molar-refractivity contribution in [2.75, 3.05) is 13.2 Å². The van der Waals surface area contributed by atoms with Gasteiger partial charge in [0.2, 0.25) is 0 Å². The molecular weight excluding hydrogens is 298 g/mol. The number of hydrogen-bond donors (Lipinski definition) is 1. The molecule has 1 unspecified atom stereocenters. The molecule has 1 atom stereocenters. The third-order valence-corrected chi connectivity index (χ3v) is 4.00. The number of hydrogen-bond acceptors (Lipinski definition) is 3. The van der Waals surface area contributed by atoms with Gasteiger partial charge in [-0.2, -0.15) is 0 Å². The van der Waals surface area contributed by atoms with Gasteiger partial charge in [0, 0.05) is 6.42 Å². The summed E-state index contributed by atoms with van der Waals surface area (Å²) in [6.45, 7) is 5.80. The van der Waals surface area contributed by atoms with Crippen molar-refractivity contribution in [3.8, 4) is 0 Å². The van der Waals surface area contributed by atoms with Crippen LogP contribution >= 0.6 is 12.4 Å². The van der Waals surface area contributed by atoms with Gasteiger partial charge in [0.15, 0.2) is 0 Å². The fourth-order valence-corrected chi connectivity index (χ4v) is 2.54. The molecule has 0 bridgehead atoms. The second-order valence-electron chi connectivity index (χ2n) is 6.14. The van der Waals surface area contributed by atoms with Gasteiger partial charge < -0.3 is 10.5 Å². The van der Waals surface area contributed by atoms with Gasteiger partial charge in [-0.25, -0.2) is 0 Å². The summed E-state index contributed by atoms with van der Waals surface area (Å²) >= 11 is 0. The summed E-state index contributed by atoms with van der Waals surface area (Å²) < 4.78 is 5.47. The quantitative estimate of drug-likeness (QED) is 0.328. The number of nitrogens with two attached hydrogens (primary N) is 1. The van der Waals surface area contributed by atoms with Gasteiger partial charge >= 0.3 is 5.97 Å². The Morgan fingerprint density at radius 2 is 1.55 bits per heavy atom. The van der Waals surface area contributed by atoms with Gasteiger partial charge in [-0.1, -0.05) is 58.8 Å². The maximum Gasteiger partial charge on any atom is 0.305 e. The fraction of sp³-hybridized carbons (Fsp3) is 0.944. The van der Waals surface area contributed by atoms with Crippen molar-refractivity contribution in [1.82, 2.24) is 0 Å². The Balaban J connectivity index is 0. The predicted molar refractivity (Wildman–Crippen MR) is 97.5 cm³/mol. The lowest BCUT2D eigenvalue weighted by Crippen LogP contribution is -2.14. The number of carbonyl (C=O) groups excluding carboxylic acids is 1. The second kappa shape index (κ2) is 18.8. The van der Waals surface area contributed by atoms with E-state index in [4.69, 9.17) is 10.5 Å². The van der Waals surface area contributed by atoms with E-state index in [1.807, 2.05) is 0 Å². The van der Waals surface area contributed by atoms with Crippen LogP contribution < -0.4 is 5.73 Å². The zero-order chi connectivity index (χ0) is 15.8. The lowest BCUT2D eigenvalue weighted by molar-refractivity contribution is -0.145. The number of unbranched alkanes of at least 4 members (excludes halogenated alkanes) is 6. The van der Waals surface area contributed by atoms with Crippen LogP contribution in [0, 0.1) is 5.92 Å². The highest BCUT2D eigenvalue weighted by molar-refractivity contribution is 5.85. The van der Waals surface area contributed by atoms with E-state index in [-0.39, 0.29) is 18.4 Å². The Kier molecular flexibility index (Phi) is 20.5. The van der Waals surface area contributed by atoms with E-state index in [2.05, 4.69) is 13.8 Å². The molecule has 4 heteroatoms. The van der Waals surface area contributed by atoms with E-state index in [9.17, 15) is 4.79 Å². The highest BCUT2D eigenvalue weighted by Gasteiger charge is 2.11. The molecule has 0 saturated carbocycles. The molecule has 0 spiro atoms. The third-order valence-electron chi connectivity index (χ3n) is 4.00. The van der Waals surface area contributed by atoms with E-state index in [0.29, 0.717) is 25.5 Å². The van der Waals surface area contributed by atoms with Crippen molar-refractivity contribution in [2.45, 2.75) is 90.9 Å². The summed E-state index contributed by atoms with van der Waals surface area (Å²) in [6, 6.07) is 0. The van der Waals surface area contributed by atoms with E-state index in [1.54, 1.807) is 0 Å². The molecule has 0 aliphatic carbocycles. The van der Waals surface area contributed by atoms with Gasteiger partial charge in [0.25, 0.3) is 0 Å². The Labute approximate surface area is 144 Å². The van der Waals surface area contributed by atoms with Crippen molar-refractivity contribution >= 4 is 18.4 Å². The SMILES string of the molecule is CCCCCCC(CCCC)COC(=O)CCCCCN.Cl. The number of halogens is 1. The zero-order valence-corrected chi connectivity index (χ0v) is 15.6. The minimum Gasteiger partial charge on any atom is -0.465 e. The molecule has 0 amide bonds. The van der Waals surface area contributed by atoms with E-state index in [0.717, 1.165) is 19.3 Å². The average molecular weight is 336 g/mol. The number of rotatable bonds is 15. The van der Waals surface area contributed by atoms with Crippen LogP contribution in [-0.4, -0.2) is 19.1 Å². The predicted octanol–water partition coefficient (Wildman–Crippen LogP) is 5.25. The zero-order valence-electron chi connectivity index (χ0n) is 14.8. The number of esters is 1. The van der Waals surface area contributed by atoms with Crippen LogP contribution in [0.25, 0.3) is 0 Å². The molecule has 0 heterocycles. The highest BCUT2D eigenvalue weighted by Crippen LogP contribution is 2.18. The van der Waals surface area contributed by atoms with E-state index >= 15 is 0 Å². The van der Waals surface area contributed by atoms with Crippen molar-refractivity contribution in [3.05, 3.63) is 0 Å². The van der Waals surface area contributed by atoms with E-state index < -0.39 is 0 Å². The van der Waals surface area contributed by atoms with Crippen LogP contribution in [0.15, 0.2) is 0 Å². The lowest BCUT2D eigenvalue weighted by Gasteiger charge is -2.16. The molecule has 0 aromatic rings.